The van der Waals surface area contributed by atoms with E-state index in [1.54, 1.807) is 19.2 Å². The zero-order valence-electron chi connectivity index (χ0n) is 12.3. The second-order valence-corrected chi connectivity index (χ2v) is 4.96. The van der Waals surface area contributed by atoms with Gasteiger partial charge in [0.15, 0.2) is 0 Å². The van der Waals surface area contributed by atoms with Crippen LogP contribution in [0.2, 0.25) is 0 Å². The molecule has 0 amide bonds. The molecule has 0 aliphatic rings. The summed E-state index contributed by atoms with van der Waals surface area (Å²) in [4.78, 5) is 18.2. The summed E-state index contributed by atoms with van der Waals surface area (Å²) in [5.74, 6) is 0.661. The largest absolute Gasteiger partial charge is 0.462 e. The molecule has 0 radical (unpaired) electrons. The predicted octanol–water partition coefficient (Wildman–Crippen LogP) is 2.32. The van der Waals surface area contributed by atoms with Crippen molar-refractivity contribution in [1.82, 2.24) is 4.98 Å². The molecule has 0 aliphatic carbocycles. The van der Waals surface area contributed by atoms with E-state index in [9.17, 15) is 4.79 Å². The van der Waals surface area contributed by atoms with Crippen molar-refractivity contribution in [1.29, 1.82) is 0 Å². The van der Waals surface area contributed by atoms with Crippen molar-refractivity contribution in [3.63, 3.8) is 0 Å². The summed E-state index contributed by atoms with van der Waals surface area (Å²) in [6.45, 7) is 8.46. The molecule has 1 atom stereocenters. The van der Waals surface area contributed by atoms with Crippen molar-refractivity contribution in [2.24, 2.45) is 5.92 Å². The summed E-state index contributed by atoms with van der Waals surface area (Å²) in [5, 5.41) is 0. The maximum absolute atomic E-state index is 12.0. The zero-order chi connectivity index (χ0) is 14.6. The highest BCUT2D eigenvalue weighted by atomic mass is 16.5. The van der Waals surface area contributed by atoms with Crippen molar-refractivity contribution in [3.05, 3.63) is 17.8 Å². The van der Waals surface area contributed by atoms with Crippen molar-refractivity contribution < 1.29 is 9.53 Å². The van der Waals surface area contributed by atoms with Gasteiger partial charge in [0, 0.05) is 13.1 Å². The van der Waals surface area contributed by atoms with Gasteiger partial charge < -0.3 is 15.4 Å². The van der Waals surface area contributed by atoms with Crippen molar-refractivity contribution >= 4 is 17.5 Å². The number of nitrogens with two attached hydrogens (primary N) is 1. The molecule has 0 spiro atoms. The van der Waals surface area contributed by atoms with E-state index in [2.05, 4.69) is 25.8 Å². The highest BCUT2D eigenvalue weighted by Gasteiger charge is 2.22. The molecule has 0 saturated heterocycles. The summed E-state index contributed by atoms with van der Waals surface area (Å²) in [6, 6.07) is 1.87. The van der Waals surface area contributed by atoms with E-state index in [4.69, 9.17) is 10.5 Å². The summed E-state index contributed by atoms with van der Waals surface area (Å²) in [5.41, 5.74) is 6.58. The van der Waals surface area contributed by atoms with E-state index in [0.29, 0.717) is 29.6 Å². The monoisotopic (exact) mass is 265 g/mol. The smallest absolute Gasteiger partial charge is 0.341 e. The van der Waals surface area contributed by atoms with Crippen LogP contribution in [0.1, 0.15) is 38.1 Å². The summed E-state index contributed by atoms with van der Waals surface area (Å²) in [6.07, 6.45) is 1.56. The quantitative estimate of drug-likeness (QED) is 0.827. The fourth-order valence-corrected chi connectivity index (χ4v) is 1.75. The SMILES string of the molecule is CCOC(=O)c1cc(N)cnc1N(C)C(C)C(C)C. The Morgan fingerprint density at radius 2 is 2.11 bits per heavy atom. The lowest BCUT2D eigenvalue weighted by molar-refractivity contribution is 0.0526. The molecule has 0 fully saturated rings. The normalized spacial score (nSPS) is 12.3. The molecule has 0 aliphatic heterocycles. The molecule has 5 heteroatoms. The van der Waals surface area contributed by atoms with Gasteiger partial charge in [-0.2, -0.15) is 0 Å². The van der Waals surface area contributed by atoms with Crippen molar-refractivity contribution in [3.8, 4) is 0 Å². The van der Waals surface area contributed by atoms with Crippen LogP contribution < -0.4 is 10.6 Å². The number of esters is 1. The lowest BCUT2D eigenvalue weighted by Crippen LogP contribution is -2.35. The number of ether oxygens (including phenoxy) is 1. The Hall–Kier alpha value is -1.78. The number of aromatic nitrogens is 1. The molecule has 1 aromatic heterocycles. The number of anilines is 2. The number of hydrogen-bond acceptors (Lipinski definition) is 5. The minimum Gasteiger partial charge on any atom is -0.462 e. The van der Waals surface area contributed by atoms with E-state index >= 15 is 0 Å². The van der Waals surface area contributed by atoms with Crippen LogP contribution in [0.3, 0.4) is 0 Å². The summed E-state index contributed by atoms with van der Waals surface area (Å²) >= 11 is 0. The Labute approximate surface area is 114 Å². The number of carbonyl (C=O) groups excluding carboxylic acids is 1. The minimum absolute atomic E-state index is 0.254. The Kier molecular flexibility index (Phi) is 5.15. The van der Waals surface area contributed by atoms with Gasteiger partial charge in [0.2, 0.25) is 0 Å². The minimum atomic E-state index is -0.389. The van der Waals surface area contributed by atoms with Crippen LogP contribution in [-0.2, 0) is 4.74 Å². The Balaban J connectivity index is 3.16. The van der Waals surface area contributed by atoms with Crippen LogP contribution in [-0.4, -0.2) is 30.6 Å². The summed E-state index contributed by atoms with van der Waals surface area (Å²) < 4.78 is 5.05. The van der Waals surface area contributed by atoms with Gasteiger partial charge in [-0.25, -0.2) is 9.78 Å². The third-order valence-corrected chi connectivity index (χ3v) is 3.29. The fraction of sp³-hybridized carbons (Fsp3) is 0.571. The maximum Gasteiger partial charge on any atom is 0.341 e. The third kappa shape index (κ3) is 3.59. The van der Waals surface area contributed by atoms with Crippen LogP contribution in [0.4, 0.5) is 11.5 Å². The lowest BCUT2D eigenvalue weighted by Gasteiger charge is -2.30. The molecular formula is C14H23N3O2. The topological polar surface area (TPSA) is 68.5 Å². The van der Waals surface area contributed by atoms with E-state index in [1.165, 1.54) is 0 Å². The second-order valence-electron chi connectivity index (χ2n) is 4.96. The summed E-state index contributed by atoms with van der Waals surface area (Å²) in [7, 11) is 1.92. The number of nitrogens with zero attached hydrogens (tertiary/aromatic N) is 2. The van der Waals surface area contributed by atoms with Gasteiger partial charge in [0.1, 0.15) is 11.4 Å². The van der Waals surface area contributed by atoms with Gasteiger partial charge in [0.05, 0.1) is 18.5 Å². The van der Waals surface area contributed by atoms with Crippen LogP contribution in [0.25, 0.3) is 0 Å². The molecule has 106 valence electrons. The van der Waals surface area contributed by atoms with Gasteiger partial charge in [0.25, 0.3) is 0 Å². The molecule has 1 heterocycles. The number of carbonyl (C=O) groups is 1. The first-order chi connectivity index (χ1) is 8.88. The molecule has 1 rings (SSSR count). The highest BCUT2D eigenvalue weighted by molar-refractivity contribution is 5.95. The van der Waals surface area contributed by atoms with Gasteiger partial charge in [-0.3, -0.25) is 0 Å². The number of hydrogen-bond donors (Lipinski definition) is 1. The van der Waals surface area contributed by atoms with Crippen LogP contribution in [0.5, 0.6) is 0 Å². The molecular weight excluding hydrogens is 242 g/mol. The second kappa shape index (κ2) is 6.41. The lowest BCUT2D eigenvalue weighted by atomic mass is 10.0. The predicted molar refractivity (Wildman–Crippen MR) is 77.3 cm³/mol. The molecule has 0 bridgehead atoms. The van der Waals surface area contributed by atoms with Crippen LogP contribution >= 0.6 is 0 Å². The van der Waals surface area contributed by atoms with E-state index in [1.807, 2.05) is 11.9 Å². The van der Waals surface area contributed by atoms with E-state index < -0.39 is 0 Å². The first-order valence-electron chi connectivity index (χ1n) is 6.53. The standard InChI is InChI=1S/C14H23N3O2/c1-6-19-14(18)12-7-11(15)8-16-13(12)17(5)10(4)9(2)3/h7-10H,6,15H2,1-5H3. The molecule has 2 N–H and O–H groups in total. The fourth-order valence-electron chi connectivity index (χ4n) is 1.75. The van der Waals surface area contributed by atoms with Gasteiger partial charge in [-0.05, 0) is 25.8 Å². The molecule has 1 unspecified atom stereocenters. The molecule has 1 aromatic rings. The van der Waals surface area contributed by atoms with Gasteiger partial charge in [-0.15, -0.1) is 0 Å². The van der Waals surface area contributed by atoms with E-state index in [-0.39, 0.29) is 12.0 Å². The highest BCUT2D eigenvalue weighted by Crippen LogP contribution is 2.23. The Morgan fingerprint density at radius 3 is 2.63 bits per heavy atom. The van der Waals surface area contributed by atoms with Crippen molar-refractivity contribution in [2.75, 3.05) is 24.3 Å². The first kappa shape index (κ1) is 15.3. The first-order valence-corrected chi connectivity index (χ1v) is 6.53. The van der Waals surface area contributed by atoms with Crippen LogP contribution in [0.15, 0.2) is 12.3 Å². The number of nitrogen functional groups attached to an aromatic ring is 1. The van der Waals surface area contributed by atoms with E-state index in [0.717, 1.165) is 0 Å². The number of pyridine rings is 1. The number of rotatable bonds is 5. The average Bonchev–Trinajstić information content (AvgIpc) is 2.37. The van der Waals surface area contributed by atoms with Crippen molar-refractivity contribution in [2.45, 2.75) is 33.7 Å². The molecule has 19 heavy (non-hydrogen) atoms. The Bertz CT molecular complexity index is 446. The maximum atomic E-state index is 12.0. The molecule has 5 nitrogen and oxygen atoms in total. The van der Waals surface area contributed by atoms with Gasteiger partial charge in [-0.1, -0.05) is 13.8 Å². The third-order valence-electron chi connectivity index (χ3n) is 3.29. The zero-order valence-corrected chi connectivity index (χ0v) is 12.3. The molecule has 0 aromatic carbocycles. The Morgan fingerprint density at radius 1 is 1.47 bits per heavy atom. The van der Waals surface area contributed by atoms with Crippen LogP contribution in [0, 0.1) is 5.92 Å². The molecule has 0 saturated carbocycles. The average molecular weight is 265 g/mol. The van der Waals surface area contributed by atoms with Gasteiger partial charge >= 0.3 is 5.97 Å².